The van der Waals surface area contributed by atoms with Crippen LogP contribution in [0, 0.1) is 5.82 Å². The third-order valence-corrected chi connectivity index (χ3v) is 2.82. The number of ether oxygens (including phenoxy) is 1. The average molecular weight is 267 g/mol. The summed E-state index contributed by atoms with van der Waals surface area (Å²) in [6.07, 6.45) is 0. The van der Waals surface area contributed by atoms with Crippen molar-refractivity contribution < 1.29 is 19.0 Å². The van der Waals surface area contributed by atoms with E-state index >= 15 is 0 Å². The van der Waals surface area contributed by atoms with E-state index in [1.807, 2.05) is 0 Å². The van der Waals surface area contributed by atoms with Crippen LogP contribution in [0.4, 0.5) is 9.18 Å². The van der Waals surface area contributed by atoms with Crippen LogP contribution in [0.2, 0.25) is 0 Å². The highest BCUT2D eigenvalue weighted by Crippen LogP contribution is 2.29. The highest BCUT2D eigenvalue weighted by molar-refractivity contribution is 6.03. The van der Waals surface area contributed by atoms with Gasteiger partial charge in [0.1, 0.15) is 23.4 Å². The van der Waals surface area contributed by atoms with Crippen molar-refractivity contribution in [3.63, 3.8) is 0 Å². The lowest BCUT2D eigenvalue weighted by molar-refractivity contribution is 0.150. The van der Waals surface area contributed by atoms with E-state index in [-0.39, 0.29) is 18.1 Å². The Morgan fingerprint density at radius 3 is 2.89 bits per heavy atom. The number of carbonyl (C=O) groups is 1. The van der Waals surface area contributed by atoms with Crippen molar-refractivity contribution in [2.45, 2.75) is 6.04 Å². The van der Waals surface area contributed by atoms with Crippen molar-refractivity contribution in [2.75, 3.05) is 20.3 Å². The van der Waals surface area contributed by atoms with Gasteiger partial charge in [0.05, 0.1) is 6.61 Å². The molecule has 19 heavy (non-hydrogen) atoms. The Labute approximate surface area is 109 Å². The highest BCUT2D eigenvalue weighted by Gasteiger charge is 2.34. The maximum Gasteiger partial charge on any atom is 0.346 e. The largest absolute Gasteiger partial charge is 0.508 e. The van der Waals surface area contributed by atoms with Gasteiger partial charge in [0.15, 0.2) is 0 Å². The van der Waals surface area contributed by atoms with Gasteiger partial charge in [-0.3, -0.25) is 0 Å². The summed E-state index contributed by atoms with van der Waals surface area (Å²) in [7, 11) is 1.51. The monoisotopic (exact) mass is 267 g/mol. The predicted octanol–water partition coefficient (Wildman–Crippen LogP) is 1.01. The van der Waals surface area contributed by atoms with E-state index < -0.39 is 17.9 Å². The molecule has 0 saturated carbocycles. The number of phenols is 1. The maximum atomic E-state index is 13.3. The summed E-state index contributed by atoms with van der Waals surface area (Å²) >= 11 is 0. The molecule has 0 fully saturated rings. The first-order valence-electron chi connectivity index (χ1n) is 5.66. The molecule has 2 amide bonds. The van der Waals surface area contributed by atoms with Gasteiger partial charge in [-0.05, 0) is 17.7 Å². The number of hydrogen-bond donors (Lipinski definition) is 2. The topological polar surface area (TPSA) is 88.2 Å². The van der Waals surface area contributed by atoms with Crippen LogP contribution in [-0.4, -0.2) is 42.1 Å². The van der Waals surface area contributed by atoms with Crippen LogP contribution in [0.5, 0.6) is 5.75 Å². The molecule has 102 valence electrons. The molecule has 0 aliphatic carbocycles. The highest BCUT2D eigenvalue weighted by atomic mass is 19.1. The van der Waals surface area contributed by atoms with Crippen molar-refractivity contribution in [2.24, 2.45) is 10.7 Å². The summed E-state index contributed by atoms with van der Waals surface area (Å²) in [5.41, 5.74) is 6.08. The number of aliphatic imine (C=N–C) groups is 1. The van der Waals surface area contributed by atoms with Crippen molar-refractivity contribution in [1.82, 2.24) is 4.90 Å². The van der Waals surface area contributed by atoms with E-state index in [1.54, 1.807) is 0 Å². The van der Waals surface area contributed by atoms with Crippen LogP contribution in [0.3, 0.4) is 0 Å². The second-order valence-corrected chi connectivity index (χ2v) is 4.15. The first kappa shape index (κ1) is 13.3. The molecule has 0 saturated heterocycles. The van der Waals surface area contributed by atoms with Crippen molar-refractivity contribution in [1.29, 1.82) is 0 Å². The lowest BCUT2D eigenvalue weighted by Crippen LogP contribution is -2.35. The molecule has 7 heteroatoms. The number of phenolic OH excluding ortho intramolecular Hbond substituents is 1. The molecule has 1 aromatic rings. The van der Waals surface area contributed by atoms with E-state index in [4.69, 9.17) is 10.5 Å². The summed E-state index contributed by atoms with van der Waals surface area (Å²) in [4.78, 5) is 16.7. The molecule has 0 radical (unpaired) electrons. The minimum atomic E-state index is -0.677. The molecule has 1 aromatic carbocycles. The number of hydrogen-bond acceptors (Lipinski definition) is 4. The molecule has 0 bridgehead atoms. The molecule has 1 atom stereocenters. The molecular weight excluding hydrogens is 253 g/mol. The summed E-state index contributed by atoms with van der Waals surface area (Å²) < 4.78 is 18.2. The van der Waals surface area contributed by atoms with E-state index in [0.717, 1.165) is 6.07 Å². The molecule has 1 aliphatic heterocycles. The number of benzene rings is 1. The van der Waals surface area contributed by atoms with E-state index in [1.165, 1.54) is 24.1 Å². The Hall–Kier alpha value is -2.15. The minimum absolute atomic E-state index is 0.0751. The summed E-state index contributed by atoms with van der Waals surface area (Å²) in [6, 6.07) is 2.37. The Morgan fingerprint density at radius 2 is 2.26 bits per heavy atom. The number of aromatic hydroxyl groups is 1. The molecule has 6 nitrogen and oxygen atoms in total. The van der Waals surface area contributed by atoms with Crippen LogP contribution >= 0.6 is 0 Å². The van der Waals surface area contributed by atoms with Gasteiger partial charge in [-0.15, -0.1) is 0 Å². The molecule has 0 aromatic heterocycles. The molecule has 1 heterocycles. The van der Waals surface area contributed by atoms with Crippen molar-refractivity contribution in [3.8, 4) is 5.75 Å². The van der Waals surface area contributed by atoms with E-state index in [9.17, 15) is 14.3 Å². The predicted molar refractivity (Wildman–Crippen MR) is 66.4 cm³/mol. The van der Waals surface area contributed by atoms with E-state index in [2.05, 4.69) is 4.99 Å². The Balaban J connectivity index is 2.34. The first-order chi connectivity index (χ1) is 9.02. The average Bonchev–Trinajstić information content (AvgIpc) is 2.59. The summed E-state index contributed by atoms with van der Waals surface area (Å²) in [6.45, 7) is 0.591. The number of nitrogens with two attached hydrogens (primary N) is 1. The minimum Gasteiger partial charge on any atom is -0.508 e. The molecule has 0 spiro atoms. The van der Waals surface area contributed by atoms with Gasteiger partial charge in [-0.25, -0.2) is 9.18 Å². The van der Waals surface area contributed by atoms with Gasteiger partial charge in [-0.1, -0.05) is 0 Å². The molecule has 1 unspecified atom stereocenters. The van der Waals surface area contributed by atoms with Gasteiger partial charge in [-0.2, -0.15) is 4.99 Å². The Kier molecular flexibility index (Phi) is 3.66. The fraction of sp³-hybridized carbons (Fsp3) is 0.333. The van der Waals surface area contributed by atoms with Gasteiger partial charge in [0.25, 0.3) is 0 Å². The molecule has 1 aliphatic rings. The van der Waals surface area contributed by atoms with Crippen LogP contribution in [-0.2, 0) is 4.74 Å². The van der Waals surface area contributed by atoms with Crippen LogP contribution in [0.1, 0.15) is 11.6 Å². The number of rotatable bonds is 4. The number of amidine groups is 1. The van der Waals surface area contributed by atoms with E-state index in [0.29, 0.717) is 12.2 Å². The standard InChI is InChI=1S/C12H14FN3O3/c1-19-3-2-16-10(11(14)15-12(16)18)7-4-8(13)6-9(17)5-7/h4-6,10,17H,2-3H2,1H3,(H2,14,15,18). The second-order valence-electron chi connectivity index (χ2n) is 4.15. The summed E-state index contributed by atoms with van der Waals surface area (Å²) in [5.74, 6) is -0.756. The van der Waals surface area contributed by atoms with Crippen molar-refractivity contribution in [3.05, 3.63) is 29.6 Å². The number of amides is 2. The first-order valence-corrected chi connectivity index (χ1v) is 5.66. The zero-order valence-electron chi connectivity index (χ0n) is 10.3. The number of carbonyl (C=O) groups excluding carboxylic acids is 1. The summed E-state index contributed by atoms with van der Waals surface area (Å²) in [5, 5.41) is 9.42. The molecule has 3 N–H and O–H groups in total. The molecular formula is C12H14FN3O3. The second kappa shape index (κ2) is 5.23. The number of methoxy groups -OCH3 is 1. The SMILES string of the molecule is COCCN1C(=O)N=C(N)C1c1cc(O)cc(F)c1. The maximum absolute atomic E-state index is 13.3. The van der Waals surface area contributed by atoms with Crippen molar-refractivity contribution >= 4 is 11.9 Å². The van der Waals surface area contributed by atoms with Crippen LogP contribution in [0.25, 0.3) is 0 Å². The number of nitrogens with zero attached hydrogens (tertiary/aromatic N) is 2. The lowest BCUT2D eigenvalue weighted by atomic mass is 10.0. The third-order valence-electron chi connectivity index (χ3n) is 2.82. The van der Waals surface area contributed by atoms with Gasteiger partial charge < -0.3 is 20.5 Å². The van der Waals surface area contributed by atoms with Gasteiger partial charge >= 0.3 is 6.03 Å². The van der Waals surface area contributed by atoms with Crippen LogP contribution in [0.15, 0.2) is 23.2 Å². The normalized spacial score (nSPS) is 18.8. The van der Waals surface area contributed by atoms with Gasteiger partial charge in [0, 0.05) is 19.7 Å². The molecule has 2 rings (SSSR count). The number of urea groups is 1. The van der Waals surface area contributed by atoms with Crippen LogP contribution < -0.4 is 5.73 Å². The van der Waals surface area contributed by atoms with Gasteiger partial charge in [0.2, 0.25) is 0 Å². The fourth-order valence-corrected chi connectivity index (χ4v) is 2.03. The zero-order chi connectivity index (χ0) is 14.0. The number of halogens is 1. The Bertz CT molecular complexity index is 513. The third kappa shape index (κ3) is 2.65. The Morgan fingerprint density at radius 1 is 1.53 bits per heavy atom. The fourth-order valence-electron chi connectivity index (χ4n) is 2.03. The zero-order valence-corrected chi connectivity index (χ0v) is 10.3. The quantitative estimate of drug-likeness (QED) is 0.852. The smallest absolute Gasteiger partial charge is 0.346 e. The lowest BCUT2D eigenvalue weighted by Gasteiger charge is -2.24.